The highest BCUT2D eigenvalue weighted by Gasteiger charge is 2.19. The van der Waals surface area contributed by atoms with Crippen LogP contribution in [0.5, 0.6) is 0 Å². The van der Waals surface area contributed by atoms with E-state index < -0.39 is 5.97 Å². The van der Waals surface area contributed by atoms with E-state index in [0.29, 0.717) is 24.4 Å². The smallest absolute Gasteiger partial charge is 0.339 e. The number of rotatable bonds is 4. The first kappa shape index (κ1) is 14.5. The molecule has 1 aromatic rings. The number of esters is 1. The van der Waals surface area contributed by atoms with Gasteiger partial charge in [-0.05, 0) is 12.1 Å². The molecule has 1 heterocycles. The highest BCUT2D eigenvalue weighted by atomic mass is 16.5. The third kappa shape index (κ3) is 3.79. The number of morpholine rings is 1. The number of hydrogen-bond acceptors (Lipinski definition) is 5. The van der Waals surface area contributed by atoms with E-state index in [1.54, 1.807) is 24.3 Å². The molecule has 0 aromatic heterocycles. The van der Waals surface area contributed by atoms with Crippen LogP contribution in [0.4, 0.5) is 5.69 Å². The molecule has 1 aromatic carbocycles. The van der Waals surface area contributed by atoms with Crippen LogP contribution in [0, 0.1) is 0 Å². The van der Waals surface area contributed by atoms with Crippen molar-refractivity contribution in [3.05, 3.63) is 29.8 Å². The van der Waals surface area contributed by atoms with Gasteiger partial charge in [0.1, 0.15) is 0 Å². The van der Waals surface area contributed by atoms with Crippen LogP contribution in [-0.4, -0.2) is 44.8 Å². The summed E-state index contributed by atoms with van der Waals surface area (Å²) < 4.78 is 10.2. The lowest BCUT2D eigenvalue weighted by Gasteiger charge is -2.23. The van der Waals surface area contributed by atoms with E-state index >= 15 is 0 Å². The molecule has 0 bridgehead atoms. The van der Waals surface area contributed by atoms with Gasteiger partial charge >= 0.3 is 5.97 Å². The van der Waals surface area contributed by atoms with Crippen molar-refractivity contribution >= 4 is 17.6 Å². The van der Waals surface area contributed by atoms with Crippen molar-refractivity contribution in [3.8, 4) is 0 Å². The maximum atomic E-state index is 12.0. The van der Waals surface area contributed by atoms with E-state index in [-0.39, 0.29) is 18.4 Å². The minimum Gasteiger partial charge on any atom is -0.465 e. The van der Waals surface area contributed by atoms with Crippen LogP contribution in [-0.2, 0) is 14.3 Å². The molecule has 2 rings (SSSR count). The predicted molar refractivity (Wildman–Crippen MR) is 73.6 cm³/mol. The van der Waals surface area contributed by atoms with Gasteiger partial charge in [0.2, 0.25) is 5.91 Å². The number of para-hydroxylation sites is 1. The minimum atomic E-state index is -0.475. The monoisotopic (exact) mass is 278 g/mol. The molecule has 1 aliphatic heterocycles. The molecule has 6 heteroatoms. The summed E-state index contributed by atoms with van der Waals surface area (Å²) in [7, 11) is 1.31. The van der Waals surface area contributed by atoms with Crippen molar-refractivity contribution in [2.24, 2.45) is 0 Å². The van der Waals surface area contributed by atoms with Crippen LogP contribution < -0.4 is 10.6 Å². The predicted octanol–water partition coefficient (Wildman–Crippen LogP) is 0.790. The summed E-state index contributed by atoms with van der Waals surface area (Å²) >= 11 is 0. The lowest BCUT2D eigenvalue weighted by molar-refractivity contribution is -0.119. The average molecular weight is 278 g/mol. The molecular weight excluding hydrogens is 260 g/mol. The highest BCUT2D eigenvalue weighted by molar-refractivity contribution is 6.01. The Hall–Kier alpha value is -1.92. The molecule has 1 saturated heterocycles. The van der Waals surface area contributed by atoms with Gasteiger partial charge in [0, 0.05) is 13.1 Å². The zero-order valence-corrected chi connectivity index (χ0v) is 11.3. The number of hydrogen-bond donors (Lipinski definition) is 2. The first-order chi connectivity index (χ1) is 9.70. The van der Waals surface area contributed by atoms with Crippen LogP contribution in [0.25, 0.3) is 0 Å². The third-order valence-electron chi connectivity index (χ3n) is 3.02. The van der Waals surface area contributed by atoms with Crippen molar-refractivity contribution in [1.82, 2.24) is 5.32 Å². The number of carbonyl (C=O) groups is 2. The number of nitrogens with one attached hydrogen (secondary N) is 2. The molecule has 1 fully saturated rings. The van der Waals surface area contributed by atoms with Gasteiger partial charge in [-0.3, -0.25) is 4.79 Å². The maximum Gasteiger partial charge on any atom is 0.339 e. The van der Waals surface area contributed by atoms with Crippen LogP contribution in [0.1, 0.15) is 16.8 Å². The minimum absolute atomic E-state index is 0.131. The van der Waals surface area contributed by atoms with Crippen LogP contribution >= 0.6 is 0 Å². The van der Waals surface area contributed by atoms with Crippen LogP contribution in [0.15, 0.2) is 24.3 Å². The van der Waals surface area contributed by atoms with Gasteiger partial charge < -0.3 is 20.1 Å². The van der Waals surface area contributed by atoms with E-state index in [9.17, 15) is 9.59 Å². The van der Waals surface area contributed by atoms with E-state index in [2.05, 4.69) is 15.4 Å². The molecule has 108 valence electrons. The Morgan fingerprint density at radius 3 is 2.95 bits per heavy atom. The zero-order chi connectivity index (χ0) is 14.4. The first-order valence-electron chi connectivity index (χ1n) is 6.50. The number of amides is 1. The molecule has 1 amide bonds. The summed E-state index contributed by atoms with van der Waals surface area (Å²) in [5, 5.41) is 5.89. The van der Waals surface area contributed by atoms with Crippen molar-refractivity contribution in [2.75, 3.05) is 32.1 Å². The van der Waals surface area contributed by atoms with Crippen LogP contribution in [0.3, 0.4) is 0 Å². The fraction of sp³-hybridized carbons (Fsp3) is 0.429. The molecule has 0 saturated carbocycles. The van der Waals surface area contributed by atoms with Gasteiger partial charge in [0.25, 0.3) is 0 Å². The standard InChI is InChI=1S/C14H18N2O4/c1-19-14(18)11-4-2-3-5-12(11)16-13(17)8-10-9-15-6-7-20-10/h2-5,10,15H,6-9H2,1H3,(H,16,17). The summed E-state index contributed by atoms with van der Waals surface area (Å²) in [4.78, 5) is 23.6. The van der Waals surface area contributed by atoms with Crippen molar-refractivity contribution in [1.29, 1.82) is 0 Å². The van der Waals surface area contributed by atoms with E-state index in [1.165, 1.54) is 7.11 Å². The normalized spacial score (nSPS) is 18.4. The van der Waals surface area contributed by atoms with Crippen molar-refractivity contribution in [3.63, 3.8) is 0 Å². The van der Waals surface area contributed by atoms with E-state index in [4.69, 9.17) is 4.74 Å². The Morgan fingerprint density at radius 1 is 1.45 bits per heavy atom. The second kappa shape index (κ2) is 7.02. The molecule has 1 atom stereocenters. The Bertz CT molecular complexity index is 484. The summed E-state index contributed by atoms with van der Waals surface area (Å²) in [6, 6.07) is 6.75. The molecule has 1 aliphatic rings. The van der Waals surface area contributed by atoms with Gasteiger partial charge in [0.05, 0.1) is 37.5 Å². The quantitative estimate of drug-likeness (QED) is 0.796. The Morgan fingerprint density at radius 2 is 2.25 bits per heavy atom. The number of benzene rings is 1. The Balaban J connectivity index is 1.98. The topological polar surface area (TPSA) is 76.7 Å². The molecule has 0 radical (unpaired) electrons. The fourth-order valence-corrected chi connectivity index (χ4v) is 2.04. The van der Waals surface area contributed by atoms with Gasteiger partial charge in [-0.1, -0.05) is 12.1 Å². The van der Waals surface area contributed by atoms with Gasteiger partial charge in [-0.25, -0.2) is 4.79 Å². The zero-order valence-electron chi connectivity index (χ0n) is 11.3. The second-order valence-electron chi connectivity index (χ2n) is 4.49. The second-order valence-corrected chi connectivity index (χ2v) is 4.49. The first-order valence-corrected chi connectivity index (χ1v) is 6.50. The maximum absolute atomic E-state index is 12.0. The molecule has 2 N–H and O–H groups in total. The largest absolute Gasteiger partial charge is 0.465 e. The third-order valence-corrected chi connectivity index (χ3v) is 3.02. The lowest BCUT2D eigenvalue weighted by Crippen LogP contribution is -2.40. The van der Waals surface area contributed by atoms with Gasteiger partial charge in [-0.15, -0.1) is 0 Å². The number of anilines is 1. The molecule has 6 nitrogen and oxygen atoms in total. The summed E-state index contributed by atoms with van der Waals surface area (Å²) in [5.74, 6) is -0.661. The molecule has 0 aliphatic carbocycles. The highest BCUT2D eigenvalue weighted by Crippen LogP contribution is 2.16. The molecule has 1 unspecified atom stereocenters. The lowest BCUT2D eigenvalue weighted by atomic mass is 10.1. The van der Waals surface area contributed by atoms with E-state index in [0.717, 1.165) is 6.54 Å². The molecule has 0 spiro atoms. The fourth-order valence-electron chi connectivity index (χ4n) is 2.04. The summed E-state index contributed by atoms with van der Waals surface area (Å²) in [5.41, 5.74) is 0.791. The number of ether oxygens (including phenoxy) is 2. The number of carbonyl (C=O) groups excluding carboxylic acids is 2. The van der Waals surface area contributed by atoms with E-state index in [1.807, 2.05) is 0 Å². The molecular formula is C14H18N2O4. The molecule has 20 heavy (non-hydrogen) atoms. The SMILES string of the molecule is COC(=O)c1ccccc1NC(=O)CC1CNCCO1. The van der Waals surface area contributed by atoms with Crippen molar-refractivity contribution in [2.45, 2.75) is 12.5 Å². The Labute approximate surface area is 117 Å². The summed E-state index contributed by atoms with van der Waals surface area (Å²) in [6.45, 7) is 2.08. The van der Waals surface area contributed by atoms with Gasteiger partial charge in [0.15, 0.2) is 0 Å². The average Bonchev–Trinajstić information content (AvgIpc) is 2.48. The van der Waals surface area contributed by atoms with Gasteiger partial charge in [-0.2, -0.15) is 0 Å². The Kier molecular flexibility index (Phi) is 5.09. The number of methoxy groups -OCH3 is 1. The van der Waals surface area contributed by atoms with Crippen LogP contribution in [0.2, 0.25) is 0 Å². The van der Waals surface area contributed by atoms with Crippen molar-refractivity contribution < 1.29 is 19.1 Å². The summed E-state index contributed by atoms with van der Waals surface area (Å²) in [6.07, 6.45) is 0.122.